The van der Waals surface area contributed by atoms with Gasteiger partial charge in [-0.25, -0.2) is 0 Å². The van der Waals surface area contributed by atoms with Crippen LogP contribution in [-0.4, -0.2) is 33.2 Å². The van der Waals surface area contributed by atoms with Crippen molar-refractivity contribution in [1.29, 1.82) is 10.5 Å². The molecule has 0 aromatic heterocycles. The molecule has 0 amide bonds. The number of aliphatic carboxylic acids is 2. The summed E-state index contributed by atoms with van der Waals surface area (Å²) in [4.78, 5) is 21.1. The second-order valence-electron chi connectivity index (χ2n) is 4.11. The van der Waals surface area contributed by atoms with Crippen LogP contribution < -0.4 is 0 Å². The van der Waals surface area contributed by atoms with Crippen molar-refractivity contribution in [3.05, 3.63) is 0 Å². The predicted octanol–water partition coefficient (Wildman–Crippen LogP) is 0.953. The molecule has 0 saturated heterocycles. The molecule has 8 nitrogen and oxygen atoms in total. The van der Waals surface area contributed by atoms with E-state index in [9.17, 15) is 9.59 Å². The first kappa shape index (κ1) is 15.5. The number of azo groups is 1. The van der Waals surface area contributed by atoms with Crippen LogP contribution in [0.2, 0.25) is 0 Å². The second-order valence-corrected chi connectivity index (χ2v) is 4.11. The molecule has 2 unspecified atom stereocenters. The summed E-state index contributed by atoms with van der Waals surface area (Å²) >= 11 is 0. The Morgan fingerprint density at radius 1 is 1.00 bits per heavy atom. The summed E-state index contributed by atoms with van der Waals surface area (Å²) < 4.78 is 0. The monoisotopic (exact) mass is 252 g/mol. The number of carbonyl (C=O) groups is 2. The fourth-order valence-electron chi connectivity index (χ4n) is 1.00. The van der Waals surface area contributed by atoms with Gasteiger partial charge in [0.25, 0.3) is 0 Å². The van der Waals surface area contributed by atoms with Crippen molar-refractivity contribution >= 4 is 11.9 Å². The highest BCUT2D eigenvalue weighted by Gasteiger charge is 2.32. The van der Waals surface area contributed by atoms with Crippen LogP contribution in [0.25, 0.3) is 0 Å². The van der Waals surface area contributed by atoms with Crippen molar-refractivity contribution in [2.75, 3.05) is 0 Å². The van der Waals surface area contributed by atoms with E-state index in [2.05, 4.69) is 10.2 Å². The molecule has 0 aliphatic carbocycles. The molecule has 0 aliphatic rings. The maximum Gasteiger partial charge on any atom is 0.306 e. The predicted molar refractivity (Wildman–Crippen MR) is 57.4 cm³/mol. The Bertz CT molecular complexity index is 419. The van der Waals surface area contributed by atoms with Crippen LogP contribution >= 0.6 is 0 Å². The van der Waals surface area contributed by atoms with Gasteiger partial charge in [0, 0.05) is 0 Å². The van der Waals surface area contributed by atoms with Gasteiger partial charge in [-0.05, 0) is 13.8 Å². The molecule has 0 bridgehead atoms. The summed E-state index contributed by atoms with van der Waals surface area (Å²) in [5.74, 6) is -2.48. The van der Waals surface area contributed by atoms with Gasteiger partial charge < -0.3 is 10.2 Å². The lowest BCUT2D eigenvalue weighted by molar-refractivity contribution is -0.139. The largest absolute Gasteiger partial charge is 0.481 e. The summed E-state index contributed by atoms with van der Waals surface area (Å²) in [7, 11) is 0. The first-order valence-electron chi connectivity index (χ1n) is 4.86. The van der Waals surface area contributed by atoms with Gasteiger partial charge in [0.1, 0.15) is 0 Å². The molecule has 0 saturated carbocycles. The first-order chi connectivity index (χ1) is 8.16. The number of nitrogens with zero attached hydrogens (tertiary/aromatic N) is 4. The SMILES string of the molecule is CC(C#N)(CC(=O)O)/N=N\C(C)(C#N)CC(=O)O. The van der Waals surface area contributed by atoms with E-state index in [0.29, 0.717) is 0 Å². The third kappa shape index (κ3) is 5.03. The van der Waals surface area contributed by atoms with Crippen molar-refractivity contribution in [2.24, 2.45) is 10.2 Å². The number of hydrogen-bond donors (Lipinski definition) is 2. The van der Waals surface area contributed by atoms with Crippen LogP contribution in [0.4, 0.5) is 0 Å². The van der Waals surface area contributed by atoms with Gasteiger partial charge in [0.05, 0.1) is 25.0 Å². The molecule has 2 atom stereocenters. The molecule has 0 rings (SSSR count). The molecular formula is C10H12N4O4. The molecule has 0 aromatic rings. The summed E-state index contributed by atoms with van der Waals surface area (Å²) in [6.07, 6.45) is -1.16. The molecule has 2 N–H and O–H groups in total. The van der Waals surface area contributed by atoms with E-state index < -0.39 is 35.9 Å². The molecule has 0 aliphatic heterocycles. The second kappa shape index (κ2) is 5.73. The highest BCUT2D eigenvalue weighted by Crippen LogP contribution is 2.21. The number of carboxylic acids is 2. The van der Waals surface area contributed by atoms with Gasteiger partial charge in [-0.15, -0.1) is 0 Å². The van der Waals surface area contributed by atoms with Crippen LogP contribution in [0.5, 0.6) is 0 Å². The highest BCUT2D eigenvalue weighted by atomic mass is 16.4. The fraction of sp³-hybridized carbons (Fsp3) is 0.600. The Kier molecular flexibility index (Phi) is 4.94. The van der Waals surface area contributed by atoms with Crippen molar-refractivity contribution in [1.82, 2.24) is 0 Å². The average molecular weight is 252 g/mol. The van der Waals surface area contributed by atoms with Crippen molar-refractivity contribution in [3.8, 4) is 12.1 Å². The molecular weight excluding hydrogens is 240 g/mol. The molecule has 0 fully saturated rings. The van der Waals surface area contributed by atoms with Gasteiger partial charge in [-0.3, -0.25) is 9.59 Å². The molecule has 18 heavy (non-hydrogen) atoms. The average Bonchev–Trinajstić information content (AvgIpc) is 2.25. The minimum atomic E-state index is -1.62. The Labute approximate surface area is 103 Å². The zero-order valence-electron chi connectivity index (χ0n) is 9.91. The number of hydrogen-bond acceptors (Lipinski definition) is 6. The summed E-state index contributed by atoms with van der Waals surface area (Å²) in [6.45, 7) is 2.48. The Morgan fingerprint density at radius 3 is 1.44 bits per heavy atom. The zero-order chi connectivity index (χ0) is 14.4. The summed E-state index contributed by atoms with van der Waals surface area (Å²) in [5.41, 5.74) is -3.25. The standard InChI is InChI=1S/C10H12N4O4/c1-9(5-11,3-7(15)16)13-14-10(2,6-12)4-8(17)18/h3-4H2,1-2H3,(H,15,16)(H,17,18)/b14-13-. The van der Waals surface area contributed by atoms with E-state index in [0.717, 1.165) is 0 Å². The quantitative estimate of drug-likeness (QED) is 0.672. The maximum absolute atomic E-state index is 10.5. The van der Waals surface area contributed by atoms with E-state index in [-0.39, 0.29) is 0 Å². The van der Waals surface area contributed by atoms with Crippen molar-refractivity contribution in [2.45, 2.75) is 37.8 Å². The zero-order valence-corrected chi connectivity index (χ0v) is 9.91. The van der Waals surface area contributed by atoms with Crippen molar-refractivity contribution in [3.63, 3.8) is 0 Å². The van der Waals surface area contributed by atoms with E-state index in [4.69, 9.17) is 20.7 Å². The highest BCUT2D eigenvalue weighted by molar-refractivity contribution is 5.69. The smallest absolute Gasteiger partial charge is 0.306 e. The fourth-order valence-corrected chi connectivity index (χ4v) is 1.00. The molecule has 0 spiro atoms. The van der Waals surface area contributed by atoms with E-state index in [1.54, 1.807) is 12.1 Å². The number of nitriles is 2. The molecule has 96 valence electrons. The molecule has 0 heterocycles. The molecule has 0 aromatic carbocycles. The summed E-state index contributed by atoms with van der Waals surface area (Å²) in [6, 6.07) is 3.32. The van der Waals surface area contributed by atoms with Crippen LogP contribution in [0.3, 0.4) is 0 Å². The van der Waals surface area contributed by atoms with E-state index in [1.165, 1.54) is 13.8 Å². The van der Waals surface area contributed by atoms with E-state index in [1.807, 2.05) is 0 Å². The van der Waals surface area contributed by atoms with E-state index >= 15 is 0 Å². The normalized spacial score (nSPS) is 17.1. The summed E-state index contributed by atoms with van der Waals surface area (Å²) in [5, 5.41) is 41.9. The lowest BCUT2D eigenvalue weighted by Crippen LogP contribution is -2.27. The van der Waals surface area contributed by atoms with Crippen LogP contribution in [0, 0.1) is 22.7 Å². The molecule has 8 heteroatoms. The number of rotatable bonds is 6. The Morgan fingerprint density at radius 2 is 1.28 bits per heavy atom. The maximum atomic E-state index is 10.5. The van der Waals surface area contributed by atoms with Gasteiger partial charge in [-0.1, -0.05) is 0 Å². The molecule has 0 radical (unpaired) electrons. The van der Waals surface area contributed by atoms with Crippen LogP contribution in [-0.2, 0) is 9.59 Å². The van der Waals surface area contributed by atoms with Crippen LogP contribution in [0.15, 0.2) is 10.2 Å². The lowest BCUT2D eigenvalue weighted by Gasteiger charge is -2.16. The number of carboxylic acid groups (broad SMARTS) is 2. The third-order valence-corrected chi connectivity index (χ3v) is 1.96. The lowest BCUT2D eigenvalue weighted by atomic mass is 10.0. The Balaban J connectivity index is 5.10. The van der Waals surface area contributed by atoms with Gasteiger partial charge in [-0.2, -0.15) is 20.8 Å². The first-order valence-corrected chi connectivity index (χ1v) is 4.86. The van der Waals surface area contributed by atoms with Crippen LogP contribution in [0.1, 0.15) is 26.7 Å². The van der Waals surface area contributed by atoms with Gasteiger partial charge in [0.15, 0.2) is 11.1 Å². The third-order valence-electron chi connectivity index (χ3n) is 1.96. The van der Waals surface area contributed by atoms with Crippen molar-refractivity contribution < 1.29 is 19.8 Å². The minimum absolute atomic E-state index is 0.582. The Hall–Kier alpha value is -2.48. The van der Waals surface area contributed by atoms with Gasteiger partial charge in [0.2, 0.25) is 0 Å². The van der Waals surface area contributed by atoms with Gasteiger partial charge >= 0.3 is 11.9 Å². The minimum Gasteiger partial charge on any atom is -0.481 e. The topological polar surface area (TPSA) is 147 Å².